The van der Waals surface area contributed by atoms with Gasteiger partial charge >= 0.3 is 10.9 Å². The van der Waals surface area contributed by atoms with E-state index in [2.05, 4.69) is 27.7 Å². The lowest BCUT2D eigenvalue weighted by Crippen LogP contribution is -1.89. The SMILES string of the molecule is C=COC(=O)Cl.CCOC(=O)Cl. The van der Waals surface area contributed by atoms with Crippen molar-refractivity contribution in [1.82, 2.24) is 0 Å². The van der Waals surface area contributed by atoms with Crippen LogP contribution in [0.3, 0.4) is 0 Å². The highest BCUT2D eigenvalue weighted by Crippen LogP contribution is 1.83. The van der Waals surface area contributed by atoms with Crippen LogP contribution in [0, 0.1) is 0 Å². The van der Waals surface area contributed by atoms with Gasteiger partial charge in [0.2, 0.25) is 0 Å². The van der Waals surface area contributed by atoms with Gasteiger partial charge in [0.1, 0.15) is 0 Å². The third-order valence-electron chi connectivity index (χ3n) is 0.434. The number of rotatable bonds is 2. The monoisotopic (exact) mass is 214 g/mol. The lowest BCUT2D eigenvalue weighted by atomic mass is 10.9. The van der Waals surface area contributed by atoms with Crippen molar-refractivity contribution < 1.29 is 19.1 Å². The minimum Gasteiger partial charge on any atom is -0.454 e. The maximum atomic E-state index is 9.59. The third-order valence-corrected chi connectivity index (χ3v) is 0.632. The number of carbonyl (C=O) groups is 2. The maximum absolute atomic E-state index is 9.59. The van der Waals surface area contributed by atoms with Crippen LogP contribution in [0.25, 0.3) is 0 Å². The highest BCUT2D eigenvalue weighted by molar-refractivity contribution is 6.61. The zero-order valence-corrected chi connectivity index (χ0v) is 7.89. The lowest BCUT2D eigenvalue weighted by molar-refractivity contribution is 0.180. The summed E-state index contributed by atoms with van der Waals surface area (Å²) in [6.45, 7) is 5.12. The number of hydrogen-bond acceptors (Lipinski definition) is 4. The fraction of sp³-hybridized carbons (Fsp3) is 0.333. The van der Waals surface area contributed by atoms with Gasteiger partial charge in [0.25, 0.3) is 0 Å². The number of hydrogen-bond donors (Lipinski definition) is 0. The first-order valence-corrected chi connectivity index (χ1v) is 3.59. The molecule has 0 aliphatic carbocycles. The van der Waals surface area contributed by atoms with Gasteiger partial charge in [-0.3, -0.25) is 0 Å². The molecule has 12 heavy (non-hydrogen) atoms. The second kappa shape index (κ2) is 10.3. The van der Waals surface area contributed by atoms with Gasteiger partial charge in [-0.05, 0) is 6.92 Å². The van der Waals surface area contributed by atoms with E-state index in [1.165, 1.54) is 0 Å². The van der Waals surface area contributed by atoms with Crippen LogP contribution in [0.15, 0.2) is 12.8 Å². The molecule has 0 aliphatic rings. The first kappa shape index (κ1) is 13.8. The van der Waals surface area contributed by atoms with Crippen LogP contribution in [0.2, 0.25) is 0 Å². The van der Waals surface area contributed by atoms with Crippen molar-refractivity contribution in [2.24, 2.45) is 0 Å². The van der Waals surface area contributed by atoms with Crippen LogP contribution in [-0.4, -0.2) is 17.5 Å². The van der Waals surface area contributed by atoms with Gasteiger partial charge in [0.05, 0.1) is 12.9 Å². The van der Waals surface area contributed by atoms with Crippen molar-refractivity contribution in [3.05, 3.63) is 12.8 Å². The molecule has 0 rings (SSSR count). The Kier molecular flexibility index (Phi) is 11.8. The predicted octanol–water partition coefficient (Wildman–Crippen LogP) is 2.89. The topological polar surface area (TPSA) is 52.6 Å². The van der Waals surface area contributed by atoms with Gasteiger partial charge < -0.3 is 9.47 Å². The van der Waals surface area contributed by atoms with Gasteiger partial charge in [-0.25, -0.2) is 9.59 Å². The van der Waals surface area contributed by atoms with Gasteiger partial charge in [0.15, 0.2) is 0 Å². The summed E-state index contributed by atoms with van der Waals surface area (Å²) in [6, 6.07) is 0. The molecule has 0 aromatic carbocycles. The highest BCUT2D eigenvalue weighted by Gasteiger charge is 1.86. The fourth-order valence-corrected chi connectivity index (χ4v) is 0.351. The van der Waals surface area contributed by atoms with Crippen LogP contribution in [0.1, 0.15) is 6.92 Å². The average molecular weight is 215 g/mol. The third kappa shape index (κ3) is 22.8. The van der Waals surface area contributed by atoms with E-state index in [9.17, 15) is 9.59 Å². The summed E-state index contributed by atoms with van der Waals surface area (Å²) in [4.78, 5) is 19.1. The summed E-state index contributed by atoms with van der Waals surface area (Å²) >= 11 is 9.36. The molecule has 0 fully saturated rings. The van der Waals surface area contributed by atoms with Crippen molar-refractivity contribution in [3.8, 4) is 0 Å². The largest absolute Gasteiger partial charge is 0.454 e. The Bertz CT molecular complexity index is 158. The molecule has 0 saturated heterocycles. The van der Waals surface area contributed by atoms with E-state index in [1.54, 1.807) is 6.92 Å². The highest BCUT2D eigenvalue weighted by atomic mass is 35.5. The maximum Gasteiger partial charge on any atom is 0.408 e. The molecule has 0 radical (unpaired) electrons. The van der Waals surface area contributed by atoms with Crippen LogP contribution in [-0.2, 0) is 9.47 Å². The standard InChI is InChI=1S/C3H5ClO2.C3H3ClO2/c2*1-2-6-3(4)5/h2H2,1H3;2H,1H2. The normalized spacial score (nSPS) is 7.25. The molecule has 6 heteroatoms. The Hall–Kier alpha value is -0.740. The molecule has 0 aromatic rings. The fourth-order valence-electron chi connectivity index (χ4n) is 0.179. The van der Waals surface area contributed by atoms with Gasteiger partial charge in [-0.1, -0.05) is 6.58 Å². The minimum absolute atomic E-state index is 0.350. The Labute approximate surface area is 80.0 Å². The minimum atomic E-state index is -0.856. The van der Waals surface area contributed by atoms with Crippen molar-refractivity contribution in [2.75, 3.05) is 6.61 Å². The van der Waals surface area contributed by atoms with E-state index < -0.39 is 10.9 Å². The molecule has 70 valence electrons. The predicted molar refractivity (Wildman–Crippen MR) is 45.4 cm³/mol. The van der Waals surface area contributed by atoms with E-state index in [0.717, 1.165) is 6.26 Å². The molecule has 0 aromatic heterocycles. The summed E-state index contributed by atoms with van der Waals surface area (Å²) in [5, 5.41) is 0. The second-order valence-electron chi connectivity index (χ2n) is 1.19. The van der Waals surface area contributed by atoms with E-state index in [1.807, 2.05) is 0 Å². The quantitative estimate of drug-likeness (QED) is 0.524. The zero-order valence-electron chi connectivity index (χ0n) is 6.38. The molecule has 0 aliphatic heterocycles. The summed E-state index contributed by atoms with van der Waals surface area (Å²) in [5.41, 5.74) is -1.59. The Balaban J connectivity index is 0. The first-order chi connectivity index (χ1) is 5.54. The molecular formula is C6H8Cl2O4. The molecule has 0 bridgehead atoms. The number of halogens is 2. The molecule has 0 unspecified atom stereocenters. The van der Waals surface area contributed by atoms with E-state index in [4.69, 9.17) is 11.6 Å². The van der Waals surface area contributed by atoms with Crippen LogP contribution in [0.4, 0.5) is 9.59 Å². The Morgan fingerprint density at radius 1 is 1.42 bits per heavy atom. The molecule has 0 amide bonds. The molecular weight excluding hydrogens is 207 g/mol. The Morgan fingerprint density at radius 2 is 1.92 bits per heavy atom. The molecule has 4 nitrogen and oxygen atoms in total. The van der Waals surface area contributed by atoms with Gasteiger partial charge in [-0.2, -0.15) is 0 Å². The van der Waals surface area contributed by atoms with Gasteiger partial charge in [0, 0.05) is 23.2 Å². The van der Waals surface area contributed by atoms with E-state index in [-0.39, 0.29) is 0 Å². The summed E-state index contributed by atoms with van der Waals surface area (Å²) in [6.07, 6.45) is 0.968. The molecule has 0 N–H and O–H groups in total. The van der Waals surface area contributed by atoms with Crippen molar-refractivity contribution in [1.29, 1.82) is 0 Å². The lowest BCUT2D eigenvalue weighted by Gasteiger charge is -1.86. The van der Waals surface area contributed by atoms with Crippen LogP contribution >= 0.6 is 23.2 Å². The molecule has 0 saturated carbocycles. The molecule has 0 spiro atoms. The summed E-state index contributed by atoms with van der Waals surface area (Å²) in [5.74, 6) is 0. The summed E-state index contributed by atoms with van der Waals surface area (Å²) < 4.78 is 8.10. The Morgan fingerprint density at radius 3 is 1.92 bits per heavy atom. The number of ether oxygens (including phenoxy) is 2. The van der Waals surface area contributed by atoms with Crippen molar-refractivity contribution in [3.63, 3.8) is 0 Å². The smallest absolute Gasteiger partial charge is 0.408 e. The van der Waals surface area contributed by atoms with E-state index >= 15 is 0 Å². The van der Waals surface area contributed by atoms with E-state index in [0.29, 0.717) is 6.61 Å². The number of carbonyl (C=O) groups excluding carboxylic acids is 2. The van der Waals surface area contributed by atoms with Crippen LogP contribution in [0.5, 0.6) is 0 Å². The van der Waals surface area contributed by atoms with Crippen molar-refractivity contribution >= 4 is 34.1 Å². The average Bonchev–Trinajstić information content (AvgIpc) is 1.87. The second-order valence-corrected chi connectivity index (χ2v) is 1.81. The van der Waals surface area contributed by atoms with Gasteiger partial charge in [-0.15, -0.1) is 0 Å². The molecule has 0 heterocycles. The summed E-state index contributed by atoms with van der Waals surface area (Å²) in [7, 11) is 0. The molecule has 0 atom stereocenters. The zero-order chi connectivity index (χ0) is 9.98. The first-order valence-electron chi connectivity index (χ1n) is 2.83. The van der Waals surface area contributed by atoms with Crippen LogP contribution < -0.4 is 0 Å². The van der Waals surface area contributed by atoms with Crippen molar-refractivity contribution in [2.45, 2.75) is 6.92 Å².